The molecule has 1 heterocycles. The number of nitrogens with zero attached hydrogens (tertiary/aromatic N) is 5. The molecule has 0 saturated carbocycles. The number of benzene rings is 4. The molecule has 0 bridgehead atoms. The lowest BCUT2D eigenvalue weighted by atomic mass is 10.0. The number of nitrogens with one attached hydrogen (secondary N) is 2. The summed E-state index contributed by atoms with van der Waals surface area (Å²) in [4.78, 5) is 9.54. The zero-order valence-corrected chi connectivity index (χ0v) is 32.4. The maximum absolute atomic E-state index is 14.5. The van der Waals surface area contributed by atoms with E-state index >= 15 is 0 Å². The Kier molecular flexibility index (Phi) is 14.3. The van der Waals surface area contributed by atoms with Crippen LogP contribution in [0.25, 0.3) is 10.8 Å². The summed E-state index contributed by atoms with van der Waals surface area (Å²) in [7, 11) is -13.7. The van der Waals surface area contributed by atoms with Crippen molar-refractivity contribution in [2.45, 2.75) is 20.4 Å². The Morgan fingerprint density at radius 3 is 2.07 bits per heavy atom. The third-order valence-electron chi connectivity index (χ3n) is 7.28. The van der Waals surface area contributed by atoms with Crippen LogP contribution in [0, 0.1) is 6.08 Å². The van der Waals surface area contributed by atoms with Gasteiger partial charge in [-0.1, -0.05) is 16.1 Å². The first-order valence-electron chi connectivity index (χ1n) is 15.1. The van der Waals surface area contributed by atoms with Crippen LogP contribution in [0.1, 0.15) is 5.56 Å². The molecule has 0 unspecified atom stereocenters. The zero-order chi connectivity index (χ0) is 42.3. The number of nitrogen functional groups attached to an aromatic ring is 1. The fraction of sp³-hybridized carbons (Fsp3) is 0.107. The molecule has 30 heteroatoms. The van der Waals surface area contributed by atoms with E-state index in [1.165, 1.54) is 36.4 Å². The van der Waals surface area contributed by atoms with Crippen LogP contribution in [-0.4, -0.2) is 77.3 Å². The summed E-state index contributed by atoms with van der Waals surface area (Å²) < 4.78 is 121. The summed E-state index contributed by atoms with van der Waals surface area (Å²) in [6.07, 6.45) is -1.28. The molecule has 0 saturated heterocycles. The second-order valence-corrected chi connectivity index (χ2v) is 17.0. The Morgan fingerprint density at radius 1 is 0.793 bits per heavy atom. The summed E-state index contributed by atoms with van der Waals surface area (Å²) in [6, 6.07) is 11.7. The fourth-order valence-corrected chi connectivity index (χ4v) is 8.22. The second kappa shape index (κ2) is 18.8. The van der Waals surface area contributed by atoms with E-state index in [1.54, 1.807) is 0 Å². The van der Waals surface area contributed by atoms with E-state index in [2.05, 4.69) is 54.6 Å². The van der Waals surface area contributed by atoms with Crippen molar-refractivity contribution < 1.29 is 77.3 Å². The quantitative estimate of drug-likeness (QED) is 0.0100. The van der Waals surface area contributed by atoms with Crippen molar-refractivity contribution in [2.24, 2.45) is 10.2 Å². The van der Waals surface area contributed by atoms with Crippen LogP contribution < -0.4 is 16.4 Å². The number of anilines is 5. The first-order chi connectivity index (χ1) is 27.4. The Balaban J connectivity index is 1.44. The summed E-state index contributed by atoms with van der Waals surface area (Å²) >= 11 is 0.538. The van der Waals surface area contributed by atoms with E-state index in [0.29, 0.717) is 12.0 Å². The largest absolute Gasteiger partial charge is 0.507 e. The first kappa shape index (κ1) is 44.2. The molecule has 0 aliphatic heterocycles. The van der Waals surface area contributed by atoms with Gasteiger partial charge >= 0.3 is 6.08 Å². The molecule has 0 amide bonds. The molecule has 0 atom stereocenters. The minimum absolute atomic E-state index is 0.0307. The van der Waals surface area contributed by atoms with Gasteiger partial charge in [0.05, 0.1) is 34.1 Å². The lowest BCUT2D eigenvalue weighted by Gasteiger charge is -2.14. The molecule has 0 aliphatic carbocycles. The predicted molar refractivity (Wildman–Crippen MR) is 200 cm³/mol. The van der Waals surface area contributed by atoms with E-state index in [0.717, 1.165) is 24.3 Å². The number of hydrogen-bond acceptors (Lipinski definition) is 24. The molecule has 24 nitrogen and oxygen atoms in total. The monoisotopic (exact) mass is 908 g/mol. The summed E-state index contributed by atoms with van der Waals surface area (Å²) in [6.45, 7) is -0.314. The molecule has 1 aromatic heterocycles. The van der Waals surface area contributed by atoms with Crippen molar-refractivity contribution in [2.75, 3.05) is 28.7 Å². The lowest BCUT2D eigenvalue weighted by molar-refractivity contribution is -0.434. The maximum atomic E-state index is 14.5. The normalized spacial score (nSPS) is 12.4. The van der Waals surface area contributed by atoms with Crippen LogP contribution in [0.5, 0.6) is 5.75 Å². The Labute approximate surface area is 334 Å². The fourth-order valence-electron chi connectivity index (χ4n) is 4.86. The van der Waals surface area contributed by atoms with E-state index in [1.807, 2.05) is 0 Å². The van der Waals surface area contributed by atoms with Crippen LogP contribution in [0.4, 0.5) is 44.7 Å². The number of azo groups is 1. The van der Waals surface area contributed by atoms with Crippen molar-refractivity contribution in [3.63, 3.8) is 0 Å². The van der Waals surface area contributed by atoms with Gasteiger partial charge in [-0.3, -0.25) is 13.3 Å². The Bertz CT molecular complexity index is 2680. The third-order valence-corrected chi connectivity index (χ3v) is 11.7. The van der Waals surface area contributed by atoms with Gasteiger partial charge in [0.1, 0.15) is 26.9 Å². The average Bonchev–Trinajstić information content (AvgIpc) is 3.14. The van der Waals surface area contributed by atoms with Gasteiger partial charge in [0, 0.05) is 29.0 Å². The number of aromatic nitrogens is 3. The molecule has 5 aromatic rings. The first-order valence-corrected chi connectivity index (χ1v) is 21.2. The van der Waals surface area contributed by atoms with Crippen LogP contribution in [0.2, 0.25) is 0 Å². The number of phenolic OH excluding ortho intramolecular Hbond substituents is 1. The van der Waals surface area contributed by atoms with Gasteiger partial charge < -0.3 is 21.5 Å². The van der Waals surface area contributed by atoms with Gasteiger partial charge in [-0.15, -0.1) is 18.9 Å². The van der Waals surface area contributed by atoms with Crippen molar-refractivity contribution in [1.82, 2.24) is 15.0 Å². The highest BCUT2D eigenvalue weighted by atomic mass is 32.2. The predicted octanol–water partition coefficient (Wildman–Crippen LogP) is 5.19. The number of aromatic hydroxyl groups is 1. The van der Waals surface area contributed by atoms with E-state index in [4.69, 9.17) is 20.4 Å². The Morgan fingerprint density at radius 2 is 1.43 bits per heavy atom. The highest BCUT2D eigenvalue weighted by Gasteiger charge is 2.25. The number of rotatable bonds is 19. The van der Waals surface area contributed by atoms with Gasteiger partial charge in [-0.05, 0) is 60.0 Å². The molecule has 0 radical (unpaired) electrons. The number of fused-ring (bicyclic) bond motifs is 1. The molecular weight excluding hydrogens is 884 g/mol. The highest BCUT2D eigenvalue weighted by Crippen LogP contribution is 2.44. The number of phenols is 1. The van der Waals surface area contributed by atoms with Crippen LogP contribution in [0.15, 0.2) is 85.6 Å². The molecule has 9 N–H and O–H groups in total. The van der Waals surface area contributed by atoms with Gasteiger partial charge in [0.25, 0.3) is 20.2 Å². The average molecular weight is 909 g/mol. The molecule has 0 spiro atoms. The van der Waals surface area contributed by atoms with Crippen molar-refractivity contribution in [1.29, 1.82) is 0 Å². The minimum atomic E-state index is -4.98. The number of hydrogen-bond donors (Lipinski definition) is 8. The van der Waals surface area contributed by atoms with E-state index < -0.39 is 80.4 Å². The van der Waals surface area contributed by atoms with E-state index in [9.17, 15) is 43.9 Å². The topological polar surface area (TPSA) is 363 Å². The van der Waals surface area contributed by atoms with Gasteiger partial charge in [-0.2, -0.15) is 36.2 Å². The molecule has 0 aliphatic rings. The molecule has 58 heavy (non-hydrogen) atoms. The van der Waals surface area contributed by atoms with Crippen molar-refractivity contribution in [3.8, 4) is 5.75 Å². The summed E-state index contributed by atoms with van der Waals surface area (Å²) in [5.74, 6) is -2.54. The number of halogens is 1. The summed E-state index contributed by atoms with van der Waals surface area (Å²) in [5, 5.41) is 47.4. The van der Waals surface area contributed by atoms with Gasteiger partial charge in [0.2, 0.25) is 11.9 Å². The van der Waals surface area contributed by atoms with Crippen molar-refractivity contribution in [3.05, 3.63) is 72.3 Å². The van der Waals surface area contributed by atoms with Gasteiger partial charge in [0.15, 0.2) is 22.2 Å². The molecule has 310 valence electrons. The molecular formula is C28H25FN8O16S5. The SMILES string of the molecule is Nc1ccc2cc(S(=O)(=O)O)c(CSOOO)c(O)c2c1N=Nc1cc(Nc2nc(F)nc(Nc3ccc(S(=O)(=O)CCOSOOO)cc3)n2)ccc1S(=O)(=O)O. The van der Waals surface area contributed by atoms with Crippen molar-refractivity contribution >= 4 is 106 Å². The van der Waals surface area contributed by atoms with Crippen LogP contribution in [0.3, 0.4) is 0 Å². The second-order valence-electron chi connectivity index (χ2n) is 10.9. The number of sulfone groups is 1. The summed E-state index contributed by atoms with van der Waals surface area (Å²) in [5.41, 5.74) is 4.83. The highest BCUT2D eigenvalue weighted by molar-refractivity contribution is 7.93. The van der Waals surface area contributed by atoms with E-state index in [-0.39, 0.29) is 63.3 Å². The van der Waals surface area contributed by atoms with Crippen LogP contribution >= 0.6 is 24.4 Å². The smallest absolute Gasteiger partial charge is 0.315 e. The van der Waals surface area contributed by atoms with Crippen LogP contribution in [-0.2, 0) is 58.8 Å². The maximum Gasteiger partial charge on any atom is 0.315 e. The molecule has 4 aromatic carbocycles. The standard InChI is InChI=1S/C28H25FN8O16S5/c29-26-33-27(31-15-2-5-17(6-3-15)56(41,42)10-9-49-55-53-51-40)35-28(34-26)32-16-4-8-21(57(43,44)45)20(12-16)36-37-24-19(30)7-1-14-11-22(58(46,47)48)18(13-54-52-50-39)25(38)23(14)24/h1-8,11-12,38-40H,9-10,13,30H2,(H,43,44,45)(H,46,47,48)(H2,31,32,33,34,35). The molecule has 0 fully saturated rings. The third kappa shape index (κ3) is 11.2. The zero-order valence-electron chi connectivity index (χ0n) is 28.4. The van der Waals surface area contributed by atoms with Gasteiger partial charge in [-0.25, -0.2) is 18.9 Å². The Hall–Kier alpha value is -4.93. The number of nitrogens with two attached hydrogens (primary N) is 1. The molecule has 5 rings (SSSR count). The minimum Gasteiger partial charge on any atom is -0.507 e. The lowest BCUT2D eigenvalue weighted by Crippen LogP contribution is -2.11.